The number of H-pyrrole nitrogens is 1. The number of rotatable bonds is 4. The number of benzene rings is 1. The third kappa shape index (κ3) is 3.12. The number of hydrogen-bond acceptors (Lipinski definition) is 1. The van der Waals surface area contributed by atoms with Crippen LogP contribution < -0.4 is 0 Å². The molecule has 1 fully saturated rings. The summed E-state index contributed by atoms with van der Waals surface area (Å²) in [4.78, 5) is 17.7. The summed E-state index contributed by atoms with van der Waals surface area (Å²) in [5, 5.41) is 1.29. The first kappa shape index (κ1) is 14.2. The first-order chi connectivity index (χ1) is 10.3. The molecule has 2 heterocycles. The van der Waals surface area contributed by atoms with Crippen molar-refractivity contribution in [1.29, 1.82) is 0 Å². The number of aryl methyl sites for hydroxylation is 1. The monoisotopic (exact) mass is 284 g/mol. The maximum atomic E-state index is 12.3. The number of nitrogens with zero attached hydrogens (tertiary/aromatic N) is 1. The van der Waals surface area contributed by atoms with Crippen molar-refractivity contribution in [2.24, 2.45) is 0 Å². The van der Waals surface area contributed by atoms with Gasteiger partial charge in [0, 0.05) is 36.1 Å². The topological polar surface area (TPSA) is 36.1 Å². The second kappa shape index (κ2) is 6.33. The highest BCUT2D eigenvalue weighted by Crippen LogP contribution is 2.21. The molecule has 3 rings (SSSR count). The summed E-state index contributed by atoms with van der Waals surface area (Å²) in [5.41, 5.74) is 2.51. The lowest BCUT2D eigenvalue weighted by molar-refractivity contribution is -0.134. The van der Waals surface area contributed by atoms with Gasteiger partial charge in [0.25, 0.3) is 0 Å². The van der Waals surface area contributed by atoms with Crippen molar-refractivity contribution in [3.63, 3.8) is 0 Å². The van der Waals surface area contributed by atoms with Gasteiger partial charge in [0.2, 0.25) is 5.91 Å². The van der Waals surface area contributed by atoms with Crippen LogP contribution in [0.1, 0.15) is 44.6 Å². The van der Waals surface area contributed by atoms with Crippen molar-refractivity contribution < 1.29 is 4.79 Å². The van der Waals surface area contributed by atoms with Gasteiger partial charge in [-0.25, -0.2) is 0 Å². The summed E-state index contributed by atoms with van der Waals surface area (Å²) >= 11 is 0. The Balaban J connectivity index is 1.55. The maximum absolute atomic E-state index is 12.3. The molecule has 3 nitrogen and oxygen atoms in total. The number of amides is 1. The van der Waals surface area contributed by atoms with E-state index < -0.39 is 0 Å². The Bertz CT molecular complexity index is 616. The molecule has 21 heavy (non-hydrogen) atoms. The average Bonchev–Trinajstić information content (AvgIpc) is 2.91. The molecular weight excluding hydrogens is 260 g/mol. The first-order valence-electron chi connectivity index (χ1n) is 8.10. The van der Waals surface area contributed by atoms with Gasteiger partial charge in [0.15, 0.2) is 0 Å². The van der Waals surface area contributed by atoms with Gasteiger partial charge in [-0.2, -0.15) is 0 Å². The molecule has 1 aliphatic rings. The van der Waals surface area contributed by atoms with Gasteiger partial charge in [-0.3, -0.25) is 4.79 Å². The molecule has 0 radical (unpaired) electrons. The molecule has 1 saturated heterocycles. The lowest BCUT2D eigenvalue weighted by Gasteiger charge is -2.33. The van der Waals surface area contributed by atoms with Gasteiger partial charge in [0.05, 0.1) is 0 Å². The Labute approximate surface area is 126 Å². The van der Waals surface area contributed by atoms with E-state index in [9.17, 15) is 4.79 Å². The number of nitrogens with one attached hydrogen (secondary N) is 1. The standard InChI is InChI=1S/C18H24N2O/c1-14-7-4-5-12-20(14)18(21)11-6-8-15-13-19-17-10-3-2-9-16(15)17/h2-3,9-10,13-14,19H,4-8,11-12H2,1H3/t14-/m1/s1. The molecule has 0 spiro atoms. The second-order valence-electron chi connectivity index (χ2n) is 6.14. The summed E-state index contributed by atoms with van der Waals surface area (Å²) in [6.07, 6.45) is 8.25. The molecule has 1 amide bonds. The number of para-hydroxylation sites is 1. The zero-order valence-electron chi connectivity index (χ0n) is 12.8. The predicted octanol–water partition coefficient (Wildman–Crippen LogP) is 3.89. The molecule has 3 heteroatoms. The minimum absolute atomic E-state index is 0.335. The minimum atomic E-state index is 0.335. The zero-order valence-corrected chi connectivity index (χ0v) is 12.8. The van der Waals surface area contributed by atoms with E-state index in [1.54, 1.807) is 0 Å². The molecule has 2 aromatic rings. The number of likely N-dealkylation sites (tertiary alicyclic amines) is 1. The highest BCUT2D eigenvalue weighted by Gasteiger charge is 2.22. The lowest BCUT2D eigenvalue weighted by Crippen LogP contribution is -2.41. The van der Waals surface area contributed by atoms with Crippen molar-refractivity contribution in [3.8, 4) is 0 Å². The predicted molar refractivity (Wildman–Crippen MR) is 86.3 cm³/mol. The van der Waals surface area contributed by atoms with E-state index in [0.717, 1.165) is 25.8 Å². The molecule has 0 saturated carbocycles. The van der Waals surface area contributed by atoms with Crippen molar-refractivity contribution in [2.45, 2.75) is 51.5 Å². The summed E-state index contributed by atoms with van der Waals surface area (Å²) in [7, 11) is 0. The molecule has 0 unspecified atom stereocenters. The second-order valence-corrected chi connectivity index (χ2v) is 6.14. The third-order valence-corrected chi connectivity index (χ3v) is 4.63. The van der Waals surface area contributed by atoms with Crippen LogP contribution >= 0.6 is 0 Å². The summed E-state index contributed by atoms with van der Waals surface area (Å²) in [6, 6.07) is 8.79. The quantitative estimate of drug-likeness (QED) is 0.908. The number of piperidine rings is 1. The number of carbonyl (C=O) groups excluding carboxylic acids is 1. The number of hydrogen-bond donors (Lipinski definition) is 1. The van der Waals surface area contributed by atoms with Crippen molar-refractivity contribution in [3.05, 3.63) is 36.0 Å². The minimum Gasteiger partial charge on any atom is -0.361 e. The summed E-state index contributed by atoms with van der Waals surface area (Å²) < 4.78 is 0. The van der Waals surface area contributed by atoms with Gasteiger partial charge in [-0.15, -0.1) is 0 Å². The zero-order chi connectivity index (χ0) is 14.7. The first-order valence-corrected chi connectivity index (χ1v) is 8.10. The Kier molecular flexibility index (Phi) is 4.28. The molecule has 0 aliphatic carbocycles. The fourth-order valence-electron chi connectivity index (χ4n) is 3.38. The summed E-state index contributed by atoms with van der Waals surface area (Å²) in [6.45, 7) is 3.13. The smallest absolute Gasteiger partial charge is 0.222 e. The van der Waals surface area contributed by atoms with E-state index in [0.29, 0.717) is 18.4 Å². The Morgan fingerprint density at radius 1 is 1.33 bits per heavy atom. The van der Waals surface area contributed by atoms with Crippen molar-refractivity contribution in [2.75, 3.05) is 6.54 Å². The molecule has 1 aromatic carbocycles. The van der Waals surface area contributed by atoms with Crippen LogP contribution in [0.4, 0.5) is 0 Å². The van der Waals surface area contributed by atoms with Crippen LogP contribution in [0.25, 0.3) is 10.9 Å². The Morgan fingerprint density at radius 3 is 3.05 bits per heavy atom. The van der Waals surface area contributed by atoms with Crippen LogP contribution in [-0.4, -0.2) is 28.4 Å². The highest BCUT2D eigenvalue weighted by molar-refractivity contribution is 5.83. The fraction of sp³-hybridized carbons (Fsp3) is 0.500. The molecule has 1 N–H and O–H groups in total. The molecule has 1 aromatic heterocycles. The summed E-state index contributed by atoms with van der Waals surface area (Å²) in [5.74, 6) is 0.335. The van der Waals surface area contributed by atoms with Crippen molar-refractivity contribution in [1.82, 2.24) is 9.88 Å². The van der Waals surface area contributed by atoms with Gasteiger partial charge in [0.1, 0.15) is 0 Å². The number of fused-ring (bicyclic) bond motifs is 1. The SMILES string of the molecule is C[C@@H]1CCCCN1C(=O)CCCc1c[nH]c2ccccc12. The Morgan fingerprint density at radius 2 is 2.19 bits per heavy atom. The molecular formula is C18H24N2O. The average molecular weight is 284 g/mol. The maximum Gasteiger partial charge on any atom is 0.222 e. The Hall–Kier alpha value is -1.77. The van der Waals surface area contributed by atoms with E-state index in [1.807, 2.05) is 6.07 Å². The van der Waals surface area contributed by atoms with Gasteiger partial charge >= 0.3 is 0 Å². The van der Waals surface area contributed by atoms with Gasteiger partial charge in [-0.05, 0) is 50.7 Å². The molecule has 1 aliphatic heterocycles. The normalized spacial score (nSPS) is 19.1. The van der Waals surface area contributed by atoms with Gasteiger partial charge < -0.3 is 9.88 Å². The molecule has 112 valence electrons. The number of aromatic amines is 1. The van der Waals surface area contributed by atoms with Gasteiger partial charge in [-0.1, -0.05) is 18.2 Å². The lowest BCUT2D eigenvalue weighted by atomic mass is 10.0. The molecule has 0 bridgehead atoms. The fourth-order valence-corrected chi connectivity index (χ4v) is 3.38. The van der Waals surface area contributed by atoms with Crippen LogP contribution in [0.3, 0.4) is 0 Å². The van der Waals surface area contributed by atoms with E-state index in [2.05, 4.69) is 41.2 Å². The van der Waals surface area contributed by atoms with Crippen LogP contribution in [-0.2, 0) is 11.2 Å². The van der Waals surface area contributed by atoms with Crippen LogP contribution in [0.5, 0.6) is 0 Å². The third-order valence-electron chi connectivity index (χ3n) is 4.63. The molecule has 1 atom stereocenters. The van der Waals surface area contributed by atoms with E-state index in [1.165, 1.54) is 29.3 Å². The number of aromatic nitrogens is 1. The van der Waals surface area contributed by atoms with E-state index in [-0.39, 0.29) is 0 Å². The van der Waals surface area contributed by atoms with Crippen molar-refractivity contribution >= 4 is 16.8 Å². The number of carbonyl (C=O) groups is 1. The highest BCUT2D eigenvalue weighted by atomic mass is 16.2. The van der Waals surface area contributed by atoms with Crippen LogP contribution in [0, 0.1) is 0 Å². The largest absolute Gasteiger partial charge is 0.361 e. The van der Waals surface area contributed by atoms with Crippen LogP contribution in [0.15, 0.2) is 30.5 Å². The van der Waals surface area contributed by atoms with E-state index >= 15 is 0 Å². The van der Waals surface area contributed by atoms with Crippen LogP contribution in [0.2, 0.25) is 0 Å². The van der Waals surface area contributed by atoms with E-state index in [4.69, 9.17) is 0 Å².